The van der Waals surface area contributed by atoms with Gasteiger partial charge in [-0.1, -0.05) is 39.7 Å². The number of halogens is 1. The Labute approximate surface area is 120 Å². The molecule has 19 heavy (non-hydrogen) atoms. The predicted octanol–water partition coefficient (Wildman–Crippen LogP) is 5.08. The standard InChI is InChI=1S/C16H13BrO2/c1-11-5-7-12(8-6-11)18-10-13-9-14-15(17)3-2-4-16(14)19-13/h2-9H,10H2,1H3. The second kappa shape index (κ2) is 5.10. The second-order valence-corrected chi connectivity index (χ2v) is 5.32. The third kappa shape index (κ3) is 2.66. The van der Waals surface area contributed by atoms with E-state index in [4.69, 9.17) is 9.15 Å². The highest BCUT2D eigenvalue weighted by Crippen LogP contribution is 2.27. The van der Waals surface area contributed by atoms with Gasteiger partial charge in [-0.15, -0.1) is 0 Å². The highest BCUT2D eigenvalue weighted by Gasteiger charge is 2.06. The first-order chi connectivity index (χ1) is 9.22. The quantitative estimate of drug-likeness (QED) is 0.672. The molecule has 0 bridgehead atoms. The summed E-state index contributed by atoms with van der Waals surface area (Å²) < 4.78 is 12.5. The Kier molecular flexibility index (Phi) is 3.30. The topological polar surface area (TPSA) is 22.4 Å². The highest BCUT2D eigenvalue weighted by molar-refractivity contribution is 9.10. The first kappa shape index (κ1) is 12.3. The monoisotopic (exact) mass is 316 g/mol. The Balaban J connectivity index is 1.78. The molecule has 0 aliphatic rings. The van der Waals surface area contributed by atoms with Crippen molar-refractivity contribution in [2.24, 2.45) is 0 Å². The summed E-state index contributed by atoms with van der Waals surface area (Å²) in [7, 11) is 0. The van der Waals surface area contributed by atoms with E-state index in [-0.39, 0.29) is 0 Å². The molecule has 0 radical (unpaired) electrons. The minimum absolute atomic E-state index is 0.435. The summed E-state index contributed by atoms with van der Waals surface area (Å²) in [6, 6.07) is 15.9. The summed E-state index contributed by atoms with van der Waals surface area (Å²) in [5.74, 6) is 1.67. The van der Waals surface area contributed by atoms with Crippen LogP contribution in [0.4, 0.5) is 0 Å². The molecule has 0 N–H and O–H groups in total. The van der Waals surface area contributed by atoms with Gasteiger partial charge in [0.15, 0.2) is 0 Å². The molecule has 2 aromatic carbocycles. The highest BCUT2D eigenvalue weighted by atomic mass is 79.9. The van der Waals surface area contributed by atoms with Gasteiger partial charge in [0.25, 0.3) is 0 Å². The third-order valence-electron chi connectivity index (χ3n) is 2.96. The van der Waals surface area contributed by atoms with Gasteiger partial charge in [0.05, 0.1) is 0 Å². The zero-order chi connectivity index (χ0) is 13.2. The summed E-state index contributed by atoms with van der Waals surface area (Å²) in [5.41, 5.74) is 2.09. The lowest BCUT2D eigenvalue weighted by Crippen LogP contribution is -1.93. The van der Waals surface area contributed by atoms with Gasteiger partial charge in [-0.05, 0) is 37.3 Å². The molecule has 1 aromatic heterocycles. The van der Waals surface area contributed by atoms with Gasteiger partial charge in [-0.3, -0.25) is 0 Å². The largest absolute Gasteiger partial charge is 0.486 e. The minimum Gasteiger partial charge on any atom is -0.486 e. The fourth-order valence-corrected chi connectivity index (χ4v) is 2.40. The van der Waals surface area contributed by atoms with Gasteiger partial charge in [0.2, 0.25) is 0 Å². The van der Waals surface area contributed by atoms with Gasteiger partial charge in [0, 0.05) is 9.86 Å². The fourth-order valence-electron chi connectivity index (χ4n) is 1.94. The summed E-state index contributed by atoms with van der Waals surface area (Å²) in [5, 5.41) is 1.07. The molecule has 0 saturated carbocycles. The molecule has 0 aliphatic carbocycles. The van der Waals surface area contributed by atoms with E-state index in [0.717, 1.165) is 27.0 Å². The molecule has 3 aromatic rings. The first-order valence-corrected chi connectivity index (χ1v) is 6.88. The van der Waals surface area contributed by atoms with Gasteiger partial charge >= 0.3 is 0 Å². The average molecular weight is 317 g/mol. The molecule has 2 nitrogen and oxygen atoms in total. The van der Waals surface area contributed by atoms with Crippen LogP contribution < -0.4 is 4.74 Å². The molecule has 0 aliphatic heterocycles. The van der Waals surface area contributed by atoms with Gasteiger partial charge in [-0.2, -0.15) is 0 Å². The van der Waals surface area contributed by atoms with Crippen molar-refractivity contribution in [2.45, 2.75) is 13.5 Å². The van der Waals surface area contributed by atoms with Gasteiger partial charge in [-0.25, -0.2) is 0 Å². The zero-order valence-electron chi connectivity index (χ0n) is 10.5. The van der Waals surface area contributed by atoms with Crippen molar-refractivity contribution >= 4 is 26.9 Å². The lowest BCUT2D eigenvalue weighted by molar-refractivity contribution is 0.274. The number of rotatable bonds is 3. The van der Waals surface area contributed by atoms with Crippen molar-refractivity contribution in [3.63, 3.8) is 0 Å². The van der Waals surface area contributed by atoms with Crippen LogP contribution in [0.15, 0.2) is 57.4 Å². The molecule has 0 amide bonds. The van der Waals surface area contributed by atoms with Crippen LogP contribution in [0.5, 0.6) is 5.75 Å². The van der Waals surface area contributed by atoms with Crippen LogP contribution in [0, 0.1) is 6.92 Å². The van der Waals surface area contributed by atoms with Gasteiger partial charge in [0.1, 0.15) is 23.7 Å². The van der Waals surface area contributed by atoms with Crippen LogP contribution in [0.25, 0.3) is 11.0 Å². The zero-order valence-corrected chi connectivity index (χ0v) is 12.1. The van der Waals surface area contributed by atoms with Gasteiger partial charge < -0.3 is 9.15 Å². The molecule has 0 atom stereocenters. The number of hydrogen-bond acceptors (Lipinski definition) is 2. The molecule has 3 heteroatoms. The van der Waals surface area contributed by atoms with Crippen molar-refractivity contribution in [2.75, 3.05) is 0 Å². The summed E-state index contributed by atoms with van der Waals surface area (Å²) in [6.45, 7) is 2.49. The van der Waals surface area contributed by atoms with E-state index in [1.807, 2.05) is 48.5 Å². The van der Waals surface area contributed by atoms with Crippen LogP contribution >= 0.6 is 15.9 Å². The molecule has 0 unspecified atom stereocenters. The number of aryl methyl sites for hydroxylation is 1. The molecular formula is C16H13BrO2. The van der Waals surface area contributed by atoms with Crippen LogP contribution in [0.3, 0.4) is 0 Å². The van der Waals surface area contributed by atoms with Crippen molar-refractivity contribution in [3.05, 3.63) is 64.3 Å². The summed E-state index contributed by atoms with van der Waals surface area (Å²) in [4.78, 5) is 0. The maximum atomic E-state index is 5.74. The summed E-state index contributed by atoms with van der Waals surface area (Å²) >= 11 is 3.51. The predicted molar refractivity (Wildman–Crippen MR) is 79.4 cm³/mol. The molecular weight excluding hydrogens is 304 g/mol. The number of ether oxygens (including phenoxy) is 1. The Hall–Kier alpha value is -1.74. The maximum Gasteiger partial charge on any atom is 0.146 e. The Morgan fingerprint density at radius 1 is 1.11 bits per heavy atom. The van der Waals surface area contributed by atoms with Crippen LogP contribution in [-0.4, -0.2) is 0 Å². The van der Waals surface area contributed by atoms with Crippen molar-refractivity contribution in [1.82, 2.24) is 0 Å². The van der Waals surface area contributed by atoms with Crippen molar-refractivity contribution in [3.8, 4) is 5.75 Å². The molecule has 96 valence electrons. The lowest BCUT2D eigenvalue weighted by atomic mass is 10.2. The molecule has 1 heterocycles. The van der Waals surface area contributed by atoms with Crippen LogP contribution in [0.2, 0.25) is 0 Å². The summed E-state index contributed by atoms with van der Waals surface area (Å²) in [6.07, 6.45) is 0. The smallest absolute Gasteiger partial charge is 0.146 e. The first-order valence-electron chi connectivity index (χ1n) is 6.09. The number of fused-ring (bicyclic) bond motifs is 1. The maximum absolute atomic E-state index is 5.74. The third-order valence-corrected chi connectivity index (χ3v) is 3.65. The van der Waals surface area contributed by atoms with E-state index >= 15 is 0 Å². The Morgan fingerprint density at radius 2 is 1.89 bits per heavy atom. The van der Waals surface area contributed by atoms with Crippen molar-refractivity contribution < 1.29 is 9.15 Å². The number of hydrogen-bond donors (Lipinski definition) is 0. The van der Waals surface area contributed by atoms with E-state index in [1.54, 1.807) is 0 Å². The van der Waals surface area contributed by atoms with E-state index in [2.05, 4.69) is 22.9 Å². The van der Waals surface area contributed by atoms with E-state index in [9.17, 15) is 0 Å². The molecule has 0 spiro atoms. The van der Waals surface area contributed by atoms with Crippen LogP contribution in [-0.2, 0) is 6.61 Å². The van der Waals surface area contributed by atoms with E-state index in [1.165, 1.54) is 5.56 Å². The molecule has 0 fully saturated rings. The molecule has 0 saturated heterocycles. The fraction of sp³-hybridized carbons (Fsp3) is 0.125. The van der Waals surface area contributed by atoms with Crippen LogP contribution in [0.1, 0.15) is 11.3 Å². The van der Waals surface area contributed by atoms with Crippen molar-refractivity contribution in [1.29, 1.82) is 0 Å². The minimum atomic E-state index is 0.435. The number of furan rings is 1. The number of benzene rings is 2. The average Bonchev–Trinajstić information content (AvgIpc) is 2.83. The Morgan fingerprint density at radius 3 is 2.63 bits per heavy atom. The van der Waals surface area contributed by atoms with E-state index in [0.29, 0.717) is 6.61 Å². The molecule has 3 rings (SSSR count). The normalized spacial score (nSPS) is 10.8. The van der Waals surface area contributed by atoms with E-state index < -0.39 is 0 Å². The second-order valence-electron chi connectivity index (χ2n) is 4.47. The Bertz CT molecular complexity index is 698. The lowest BCUT2D eigenvalue weighted by Gasteiger charge is -2.03. The SMILES string of the molecule is Cc1ccc(OCc2cc3c(Br)cccc3o2)cc1.